The Bertz CT molecular complexity index is 974. The van der Waals surface area contributed by atoms with Crippen molar-refractivity contribution in [2.75, 3.05) is 25.2 Å². The van der Waals surface area contributed by atoms with E-state index in [9.17, 15) is 4.79 Å². The molecule has 5 nitrogen and oxygen atoms in total. The van der Waals surface area contributed by atoms with Crippen LogP contribution in [0.4, 0.5) is 11.5 Å². The number of anilines is 2. The Morgan fingerprint density at radius 3 is 2.66 bits per heavy atom. The van der Waals surface area contributed by atoms with E-state index in [-0.39, 0.29) is 5.91 Å². The van der Waals surface area contributed by atoms with Gasteiger partial charge < -0.3 is 9.47 Å². The van der Waals surface area contributed by atoms with Gasteiger partial charge in [-0.25, -0.2) is 0 Å². The van der Waals surface area contributed by atoms with Gasteiger partial charge in [-0.2, -0.15) is 4.98 Å². The first-order chi connectivity index (χ1) is 14.0. The maximum absolute atomic E-state index is 13.1. The third-order valence-corrected chi connectivity index (χ3v) is 5.96. The number of aromatic nitrogens is 1. The monoisotopic (exact) mass is 504 g/mol. The first kappa shape index (κ1) is 21.6. The molecule has 1 aliphatic rings. The molecule has 0 radical (unpaired) electrons. The molecule has 1 amide bonds. The van der Waals surface area contributed by atoms with Gasteiger partial charge in [0.1, 0.15) is 12.4 Å². The number of pyridine rings is 1. The van der Waals surface area contributed by atoms with Gasteiger partial charge in [0.2, 0.25) is 5.88 Å². The van der Waals surface area contributed by atoms with Crippen molar-refractivity contribution in [1.29, 1.82) is 0 Å². The molecule has 0 atom stereocenters. The molecule has 0 aliphatic heterocycles. The number of ether oxygens (including phenoxy) is 2. The summed E-state index contributed by atoms with van der Waals surface area (Å²) in [5.74, 6) is 6.63. The fourth-order valence-corrected chi connectivity index (χ4v) is 3.61. The summed E-state index contributed by atoms with van der Waals surface area (Å²) >= 11 is 2.35. The Labute approximate surface area is 185 Å². The molecule has 0 N–H and O–H groups in total. The summed E-state index contributed by atoms with van der Waals surface area (Å²) in [6.45, 7) is 6.53. The fourth-order valence-electron chi connectivity index (χ4n) is 3.12. The van der Waals surface area contributed by atoms with Gasteiger partial charge in [0.15, 0.2) is 0 Å². The van der Waals surface area contributed by atoms with Crippen LogP contribution in [0.15, 0.2) is 24.3 Å². The lowest BCUT2D eigenvalue weighted by molar-refractivity contribution is -0.112. The molecule has 1 aromatic heterocycles. The van der Waals surface area contributed by atoms with Crippen molar-refractivity contribution in [3.05, 3.63) is 44.5 Å². The number of carbonyl (C=O) groups is 1. The number of nitrogens with zero attached hydrogens (tertiary/aromatic N) is 2. The Hall–Kier alpha value is -2.11. The average molecular weight is 504 g/mol. The predicted molar refractivity (Wildman–Crippen MR) is 123 cm³/mol. The molecule has 3 rings (SSSR count). The van der Waals surface area contributed by atoms with Crippen LogP contribution in [0.2, 0.25) is 0 Å². The van der Waals surface area contributed by atoms with Crippen LogP contribution >= 0.6 is 22.6 Å². The van der Waals surface area contributed by atoms with Crippen molar-refractivity contribution in [3.8, 4) is 17.7 Å². The lowest BCUT2D eigenvalue weighted by Crippen LogP contribution is -2.27. The predicted octanol–water partition coefficient (Wildman–Crippen LogP) is 4.89. The Kier molecular flexibility index (Phi) is 7.14. The molecule has 0 bridgehead atoms. The smallest absolute Gasteiger partial charge is 0.308 e. The van der Waals surface area contributed by atoms with Gasteiger partial charge in [-0.05, 0) is 96.9 Å². The summed E-state index contributed by atoms with van der Waals surface area (Å²) in [5.41, 5.74) is 4.05. The highest BCUT2D eigenvalue weighted by Crippen LogP contribution is 2.47. The van der Waals surface area contributed by atoms with Crippen LogP contribution < -0.4 is 9.64 Å². The molecule has 2 aromatic rings. The highest BCUT2D eigenvalue weighted by atomic mass is 127. The lowest BCUT2D eigenvalue weighted by atomic mass is 10.0. The summed E-state index contributed by atoms with van der Waals surface area (Å²) in [5, 5.41) is 0. The van der Waals surface area contributed by atoms with Crippen molar-refractivity contribution in [2.45, 2.75) is 39.5 Å². The van der Waals surface area contributed by atoms with Gasteiger partial charge in [0, 0.05) is 16.7 Å². The number of carbonyl (C=O) groups excluding carboxylic acids is 1. The van der Waals surface area contributed by atoms with Crippen molar-refractivity contribution < 1.29 is 14.3 Å². The number of methoxy groups -OCH3 is 1. The molecule has 0 saturated heterocycles. The maximum atomic E-state index is 13.1. The average Bonchev–Trinajstić information content (AvgIpc) is 3.52. The highest BCUT2D eigenvalue weighted by Gasteiger charge is 2.31. The number of rotatable bonds is 7. The van der Waals surface area contributed by atoms with Crippen molar-refractivity contribution in [1.82, 2.24) is 4.98 Å². The van der Waals surface area contributed by atoms with Crippen molar-refractivity contribution in [2.24, 2.45) is 0 Å². The molecule has 1 saturated carbocycles. The quantitative estimate of drug-likeness (QED) is 0.306. The van der Waals surface area contributed by atoms with Crippen molar-refractivity contribution >= 4 is 40.0 Å². The third-order valence-electron chi connectivity index (χ3n) is 4.79. The summed E-state index contributed by atoms with van der Waals surface area (Å²) < 4.78 is 11.9. The summed E-state index contributed by atoms with van der Waals surface area (Å²) in [7, 11) is 1.62. The molecule has 0 unspecified atom stereocenters. The van der Waals surface area contributed by atoms with E-state index in [4.69, 9.17) is 9.47 Å². The van der Waals surface area contributed by atoms with E-state index >= 15 is 0 Å². The van der Waals surface area contributed by atoms with Gasteiger partial charge >= 0.3 is 5.91 Å². The van der Waals surface area contributed by atoms with E-state index in [2.05, 4.69) is 58.5 Å². The third kappa shape index (κ3) is 5.09. The molecule has 1 aliphatic carbocycles. The number of hydrogen-bond acceptors (Lipinski definition) is 4. The van der Waals surface area contributed by atoms with E-state index in [0.717, 1.165) is 29.7 Å². The molecule has 0 spiro atoms. The minimum absolute atomic E-state index is 0.292. The van der Waals surface area contributed by atoms with E-state index in [1.165, 1.54) is 9.13 Å². The van der Waals surface area contributed by atoms with Crippen LogP contribution in [-0.2, 0) is 9.53 Å². The van der Waals surface area contributed by atoms with Gasteiger partial charge in [0.25, 0.3) is 0 Å². The molecule has 1 fully saturated rings. The zero-order chi connectivity index (χ0) is 21.0. The fraction of sp³-hybridized carbons (Fsp3) is 0.391. The summed E-state index contributed by atoms with van der Waals surface area (Å²) in [6, 6.07) is 7.99. The minimum Gasteiger partial charge on any atom is -0.475 e. The molecule has 1 heterocycles. The molecule has 1 aromatic carbocycles. The van der Waals surface area contributed by atoms with Crippen LogP contribution in [-0.4, -0.2) is 31.2 Å². The molecule has 152 valence electrons. The van der Waals surface area contributed by atoms with E-state index in [0.29, 0.717) is 30.8 Å². The second-order valence-corrected chi connectivity index (χ2v) is 8.24. The second kappa shape index (κ2) is 9.59. The van der Waals surface area contributed by atoms with Gasteiger partial charge in [-0.15, -0.1) is 0 Å². The lowest BCUT2D eigenvalue weighted by Gasteiger charge is -2.25. The van der Waals surface area contributed by atoms with Crippen LogP contribution in [0.1, 0.15) is 42.4 Å². The Morgan fingerprint density at radius 1 is 1.24 bits per heavy atom. The summed E-state index contributed by atoms with van der Waals surface area (Å²) in [4.78, 5) is 19.4. The maximum Gasteiger partial charge on any atom is 0.308 e. The molecule has 6 heteroatoms. The van der Waals surface area contributed by atoms with E-state index < -0.39 is 0 Å². The SMILES string of the molecule is CC#CC(=O)N(c1cc(C)c(I)cc1C1CC1)c1nc(OCCOC)ccc1C. The van der Waals surface area contributed by atoms with E-state index in [1.54, 1.807) is 18.9 Å². The largest absolute Gasteiger partial charge is 0.475 e. The standard InChI is InChI=1S/C23H25IN2O3/c1-5-6-22(27)26(20-13-16(3)19(24)14-18(20)17-8-9-17)23-15(2)7-10-21(25-23)29-12-11-28-4/h7,10,13-14,17H,8-9,11-12H2,1-4H3. The highest BCUT2D eigenvalue weighted by molar-refractivity contribution is 14.1. The number of amides is 1. The van der Waals surface area contributed by atoms with Gasteiger partial charge in [-0.1, -0.05) is 12.0 Å². The first-order valence-electron chi connectivity index (χ1n) is 9.62. The number of halogens is 1. The first-order valence-corrected chi connectivity index (χ1v) is 10.7. The van der Waals surface area contributed by atoms with Crippen LogP contribution in [0.3, 0.4) is 0 Å². The normalized spacial score (nSPS) is 12.9. The number of aryl methyl sites for hydroxylation is 2. The zero-order valence-corrected chi connectivity index (χ0v) is 19.4. The molecular formula is C23H25IN2O3. The second-order valence-electron chi connectivity index (χ2n) is 7.08. The summed E-state index contributed by atoms with van der Waals surface area (Å²) in [6.07, 6.45) is 2.28. The van der Waals surface area contributed by atoms with Crippen LogP contribution in [0, 0.1) is 29.3 Å². The molecular weight excluding hydrogens is 479 g/mol. The molecule has 29 heavy (non-hydrogen) atoms. The van der Waals surface area contributed by atoms with E-state index in [1.807, 2.05) is 19.1 Å². The van der Waals surface area contributed by atoms with Crippen LogP contribution in [0.5, 0.6) is 5.88 Å². The number of hydrogen-bond donors (Lipinski definition) is 0. The van der Waals surface area contributed by atoms with Crippen molar-refractivity contribution in [3.63, 3.8) is 0 Å². The van der Waals surface area contributed by atoms with Gasteiger partial charge in [-0.3, -0.25) is 9.69 Å². The minimum atomic E-state index is -0.292. The zero-order valence-electron chi connectivity index (χ0n) is 17.2. The topological polar surface area (TPSA) is 51.7 Å². The Morgan fingerprint density at radius 2 is 2.00 bits per heavy atom. The van der Waals surface area contributed by atoms with Gasteiger partial charge in [0.05, 0.1) is 12.3 Å². The van der Waals surface area contributed by atoms with Crippen LogP contribution in [0.25, 0.3) is 0 Å². The number of benzene rings is 1. The Balaban J connectivity index is 2.12.